The first-order valence-corrected chi connectivity index (χ1v) is 11.7. The molecular weight excluding hydrogens is 442 g/mol. The molecule has 3 aromatic carbocycles. The maximum atomic E-state index is 12.6. The molecular formula is C24H21N3O3S2. The van der Waals surface area contributed by atoms with Crippen molar-refractivity contribution in [1.29, 1.82) is 0 Å². The monoisotopic (exact) mass is 463 g/mol. The van der Waals surface area contributed by atoms with Crippen molar-refractivity contribution in [3.05, 3.63) is 77.9 Å². The Morgan fingerprint density at radius 2 is 1.75 bits per heavy atom. The Bertz CT molecular complexity index is 1270. The van der Waals surface area contributed by atoms with Gasteiger partial charge < -0.3 is 15.4 Å². The molecule has 4 rings (SSSR count). The highest BCUT2D eigenvalue weighted by atomic mass is 32.2. The van der Waals surface area contributed by atoms with E-state index in [1.54, 1.807) is 31.4 Å². The van der Waals surface area contributed by atoms with Crippen LogP contribution in [0.5, 0.6) is 5.75 Å². The maximum Gasteiger partial charge on any atom is 0.255 e. The third-order valence-electron chi connectivity index (χ3n) is 4.72. The molecule has 1 aromatic heterocycles. The summed E-state index contributed by atoms with van der Waals surface area (Å²) in [4.78, 5) is 29.4. The van der Waals surface area contributed by atoms with E-state index < -0.39 is 0 Å². The number of aromatic nitrogens is 1. The molecule has 1 heterocycles. The summed E-state index contributed by atoms with van der Waals surface area (Å²) < 4.78 is 6.87. The van der Waals surface area contributed by atoms with Gasteiger partial charge in [0.25, 0.3) is 5.91 Å². The van der Waals surface area contributed by atoms with E-state index >= 15 is 0 Å². The molecule has 32 heavy (non-hydrogen) atoms. The normalized spacial score (nSPS) is 10.7. The van der Waals surface area contributed by atoms with Crippen LogP contribution in [-0.4, -0.2) is 29.7 Å². The quantitative estimate of drug-likeness (QED) is 0.349. The molecule has 0 saturated carbocycles. The first-order valence-electron chi connectivity index (χ1n) is 9.86. The number of ether oxygens (including phenoxy) is 1. The summed E-state index contributed by atoms with van der Waals surface area (Å²) >= 11 is 2.88. The Labute approximate surface area is 194 Å². The number of thioether (sulfide) groups is 1. The molecule has 162 valence electrons. The molecule has 0 fully saturated rings. The second kappa shape index (κ2) is 9.84. The fraction of sp³-hybridized carbons (Fsp3) is 0.125. The van der Waals surface area contributed by atoms with Crippen LogP contribution in [0.3, 0.4) is 0 Å². The zero-order valence-electron chi connectivity index (χ0n) is 17.5. The van der Waals surface area contributed by atoms with E-state index in [1.165, 1.54) is 23.1 Å². The Balaban J connectivity index is 1.37. The topological polar surface area (TPSA) is 80.3 Å². The number of amides is 2. The lowest BCUT2D eigenvalue weighted by atomic mass is 10.1. The van der Waals surface area contributed by atoms with Gasteiger partial charge in [0, 0.05) is 16.9 Å². The Kier molecular flexibility index (Phi) is 6.72. The molecule has 0 aliphatic heterocycles. The van der Waals surface area contributed by atoms with Crippen LogP contribution >= 0.6 is 23.1 Å². The fourth-order valence-corrected chi connectivity index (χ4v) is 4.98. The van der Waals surface area contributed by atoms with Crippen LogP contribution in [0.1, 0.15) is 15.9 Å². The van der Waals surface area contributed by atoms with Crippen LogP contribution in [0.25, 0.3) is 10.2 Å². The number of nitrogens with one attached hydrogen (secondary N) is 2. The number of aryl methyl sites for hydroxylation is 1. The summed E-state index contributed by atoms with van der Waals surface area (Å²) in [5, 5.41) is 5.81. The standard InChI is InChI=1S/C24H21N3O3S2/c1-15-5-3-4-6-19(15)23(29)26-17-9-12-20-21(13-17)32-24(27-20)31-14-22(28)25-16-7-10-18(30-2)11-8-16/h3-13H,14H2,1-2H3,(H,25,28)(H,26,29). The van der Waals surface area contributed by atoms with Gasteiger partial charge in [-0.25, -0.2) is 4.98 Å². The van der Waals surface area contributed by atoms with Gasteiger partial charge in [-0.05, 0) is 61.0 Å². The molecule has 0 atom stereocenters. The van der Waals surface area contributed by atoms with Gasteiger partial charge in [-0.3, -0.25) is 9.59 Å². The molecule has 0 bridgehead atoms. The third kappa shape index (κ3) is 5.27. The molecule has 2 N–H and O–H groups in total. The van der Waals surface area contributed by atoms with Gasteiger partial charge in [-0.15, -0.1) is 11.3 Å². The van der Waals surface area contributed by atoms with Crippen molar-refractivity contribution < 1.29 is 14.3 Å². The van der Waals surface area contributed by atoms with Crippen molar-refractivity contribution in [3.63, 3.8) is 0 Å². The van der Waals surface area contributed by atoms with E-state index in [4.69, 9.17) is 4.74 Å². The second-order valence-electron chi connectivity index (χ2n) is 7.00. The molecule has 2 amide bonds. The van der Waals surface area contributed by atoms with Crippen LogP contribution in [0.4, 0.5) is 11.4 Å². The molecule has 0 aliphatic carbocycles. The summed E-state index contributed by atoms with van der Waals surface area (Å²) in [6.07, 6.45) is 0. The fourth-order valence-electron chi connectivity index (χ4n) is 3.07. The van der Waals surface area contributed by atoms with Crippen LogP contribution in [-0.2, 0) is 4.79 Å². The van der Waals surface area contributed by atoms with E-state index in [-0.39, 0.29) is 17.6 Å². The highest BCUT2D eigenvalue weighted by molar-refractivity contribution is 8.01. The lowest BCUT2D eigenvalue weighted by Gasteiger charge is -2.07. The average Bonchev–Trinajstić information content (AvgIpc) is 3.21. The maximum absolute atomic E-state index is 12.6. The number of hydrogen-bond donors (Lipinski definition) is 2. The van der Waals surface area contributed by atoms with Gasteiger partial charge in [0.1, 0.15) is 5.75 Å². The zero-order valence-corrected chi connectivity index (χ0v) is 19.2. The Morgan fingerprint density at radius 1 is 1.00 bits per heavy atom. The van der Waals surface area contributed by atoms with Crippen molar-refractivity contribution in [2.24, 2.45) is 0 Å². The number of methoxy groups -OCH3 is 1. The zero-order chi connectivity index (χ0) is 22.5. The molecule has 0 aliphatic rings. The number of hydrogen-bond acceptors (Lipinski definition) is 6. The summed E-state index contributed by atoms with van der Waals surface area (Å²) in [5.74, 6) is 0.742. The Morgan fingerprint density at radius 3 is 2.50 bits per heavy atom. The number of fused-ring (bicyclic) bond motifs is 1. The molecule has 4 aromatic rings. The number of anilines is 2. The van der Waals surface area contributed by atoms with E-state index in [2.05, 4.69) is 15.6 Å². The first-order chi connectivity index (χ1) is 15.5. The predicted octanol–water partition coefficient (Wildman–Crippen LogP) is 5.60. The van der Waals surface area contributed by atoms with Gasteiger partial charge in [0.15, 0.2) is 4.34 Å². The SMILES string of the molecule is COc1ccc(NC(=O)CSc2nc3ccc(NC(=O)c4ccccc4C)cc3s2)cc1. The van der Waals surface area contributed by atoms with Crippen LogP contribution < -0.4 is 15.4 Å². The van der Waals surface area contributed by atoms with Gasteiger partial charge in [-0.1, -0.05) is 30.0 Å². The summed E-state index contributed by atoms with van der Waals surface area (Å²) in [7, 11) is 1.60. The van der Waals surface area contributed by atoms with Gasteiger partial charge in [0.2, 0.25) is 5.91 Å². The number of rotatable bonds is 7. The molecule has 6 nitrogen and oxygen atoms in total. The second-order valence-corrected chi connectivity index (χ2v) is 9.25. The molecule has 0 unspecified atom stereocenters. The molecule has 0 saturated heterocycles. The highest BCUT2D eigenvalue weighted by Gasteiger charge is 2.12. The minimum absolute atomic E-state index is 0.106. The van der Waals surface area contributed by atoms with Crippen molar-refractivity contribution in [2.75, 3.05) is 23.5 Å². The van der Waals surface area contributed by atoms with Crippen LogP contribution in [0, 0.1) is 6.92 Å². The highest BCUT2D eigenvalue weighted by Crippen LogP contribution is 2.31. The predicted molar refractivity (Wildman–Crippen MR) is 131 cm³/mol. The largest absolute Gasteiger partial charge is 0.497 e. The lowest BCUT2D eigenvalue weighted by Crippen LogP contribution is -2.13. The van der Waals surface area contributed by atoms with Gasteiger partial charge in [-0.2, -0.15) is 0 Å². The van der Waals surface area contributed by atoms with E-state index in [0.717, 1.165) is 31.6 Å². The van der Waals surface area contributed by atoms with Crippen LogP contribution in [0.2, 0.25) is 0 Å². The summed E-state index contributed by atoms with van der Waals surface area (Å²) in [5.41, 5.74) is 3.84. The van der Waals surface area contributed by atoms with Crippen molar-refractivity contribution in [1.82, 2.24) is 4.98 Å². The lowest BCUT2D eigenvalue weighted by molar-refractivity contribution is -0.113. The molecule has 0 radical (unpaired) electrons. The minimum Gasteiger partial charge on any atom is -0.497 e. The first kappa shape index (κ1) is 21.9. The summed E-state index contributed by atoms with van der Waals surface area (Å²) in [6, 6.07) is 20.3. The van der Waals surface area contributed by atoms with Gasteiger partial charge in [0.05, 0.1) is 23.1 Å². The van der Waals surface area contributed by atoms with E-state index in [1.807, 2.05) is 49.4 Å². The summed E-state index contributed by atoms with van der Waals surface area (Å²) in [6.45, 7) is 1.91. The average molecular weight is 464 g/mol. The van der Waals surface area contributed by atoms with E-state index in [0.29, 0.717) is 11.3 Å². The van der Waals surface area contributed by atoms with Crippen LogP contribution in [0.15, 0.2) is 71.1 Å². The molecule has 8 heteroatoms. The van der Waals surface area contributed by atoms with Crippen molar-refractivity contribution >= 4 is 56.5 Å². The number of benzene rings is 3. The van der Waals surface area contributed by atoms with Crippen molar-refractivity contribution in [3.8, 4) is 5.75 Å². The van der Waals surface area contributed by atoms with E-state index in [9.17, 15) is 9.59 Å². The Hall–Kier alpha value is -3.36. The minimum atomic E-state index is -0.142. The van der Waals surface area contributed by atoms with Crippen molar-refractivity contribution in [2.45, 2.75) is 11.3 Å². The third-order valence-corrected chi connectivity index (χ3v) is 6.88. The number of thiazole rings is 1. The number of carbonyl (C=O) groups excluding carboxylic acids is 2. The van der Waals surface area contributed by atoms with Gasteiger partial charge >= 0.3 is 0 Å². The molecule has 0 spiro atoms. The number of nitrogens with zero attached hydrogens (tertiary/aromatic N) is 1. The number of carbonyl (C=O) groups is 2. The smallest absolute Gasteiger partial charge is 0.255 e.